The Bertz CT molecular complexity index is 619. The van der Waals surface area contributed by atoms with Crippen LogP contribution in [0.5, 0.6) is 0 Å². The Balaban J connectivity index is 1.79. The molecule has 0 bridgehead atoms. The zero-order valence-electron chi connectivity index (χ0n) is 12.5. The van der Waals surface area contributed by atoms with Gasteiger partial charge in [0, 0.05) is 17.4 Å². The summed E-state index contributed by atoms with van der Waals surface area (Å²) in [4.78, 5) is 4.60. The predicted octanol–water partition coefficient (Wildman–Crippen LogP) is 3.69. The van der Waals surface area contributed by atoms with E-state index in [0.29, 0.717) is 12.0 Å². The number of nitrogens with one attached hydrogen (secondary N) is 1. The zero-order valence-corrected chi connectivity index (χ0v) is 12.5. The molecular weight excluding hydrogens is 244 g/mol. The van der Waals surface area contributed by atoms with Crippen LogP contribution in [0.1, 0.15) is 46.5 Å². The van der Waals surface area contributed by atoms with Crippen molar-refractivity contribution >= 4 is 0 Å². The van der Waals surface area contributed by atoms with E-state index in [0.717, 1.165) is 17.8 Å². The number of nitrogens with zero attached hydrogens (tertiary/aromatic N) is 1. The number of rotatable bonds is 4. The topological polar surface area (TPSA) is 24.9 Å². The zero-order chi connectivity index (χ0) is 14.1. The lowest BCUT2D eigenvalue weighted by Gasteiger charge is -2.33. The van der Waals surface area contributed by atoms with E-state index in [1.165, 1.54) is 23.1 Å². The number of fused-ring (bicyclic) bond motifs is 1. The van der Waals surface area contributed by atoms with E-state index < -0.39 is 0 Å². The Labute approximate surface area is 121 Å². The van der Waals surface area contributed by atoms with Gasteiger partial charge in [-0.25, -0.2) is 0 Å². The minimum absolute atomic E-state index is 0.390. The standard InChI is InChI=1S/C18H22N2/c1-12-8-9-16(13(2)20-12)18(19-3)11-15-10-14-6-4-5-7-17(14)15/h4-9,15,18-19H,10-11H2,1-3H3. The maximum Gasteiger partial charge on any atom is 0.0423 e. The highest BCUT2D eigenvalue weighted by molar-refractivity contribution is 5.40. The first-order valence-electron chi connectivity index (χ1n) is 7.38. The van der Waals surface area contributed by atoms with Crippen molar-refractivity contribution in [2.75, 3.05) is 7.05 Å². The molecule has 0 spiro atoms. The van der Waals surface area contributed by atoms with Gasteiger partial charge in [0.1, 0.15) is 0 Å². The highest BCUT2D eigenvalue weighted by atomic mass is 14.9. The summed E-state index contributed by atoms with van der Waals surface area (Å²) in [7, 11) is 2.05. The second-order valence-corrected chi connectivity index (χ2v) is 5.80. The van der Waals surface area contributed by atoms with Crippen LogP contribution < -0.4 is 5.32 Å². The summed E-state index contributed by atoms with van der Waals surface area (Å²) in [5, 5.41) is 3.47. The van der Waals surface area contributed by atoms with E-state index >= 15 is 0 Å². The number of pyridine rings is 1. The molecule has 2 nitrogen and oxygen atoms in total. The largest absolute Gasteiger partial charge is 0.313 e. The lowest BCUT2D eigenvalue weighted by Crippen LogP contribution is -2.25. The normalized spacial score (nSPS) is 18.2. The van der Waals surface area contributed by atoms with Crippen molar-refractivity contribution in [3.8, 4) is 0 Å². The minimum atomic E-state index is 0.390. The Morgan fingerprint density at radius 3 is 2.70 bits per heavy atom. The second-order valence-electron chi connectivity index (χ2n) is 5.80. The first-order chi connectivity index (χ1) is 9.69. The van der Waals surface area contributed by atoms with Crippen molar-refractivity contribution in [1.82, 2.24) is 10.3 Å². The van der Waals surface area contributed by atoms with Crippen LogP contribution in [0.25, 0.3) is 0 Å². The third-order valence-electron chi connectivity index (χ3n) is 4.47. The molecule has 0 aliphatic heterocycles. The molecule has 1 N–H and O–H groups in total. The number of aryl methyl sites for hydroxylation is 2. The molecule has 0 amide bonds. The quantitative estimate of drug-likeness (QED) is 0.913. The summed E-state index contributed by atoms with van der Waals surface area (Å²) in [6.07, 6.45) is 2.37. The molecule has 104 valence electrons. The molecule has 20 heavy (non-hydrogen) atoms. The van der Waals surface area contributed by atoms with Gasteiger partial charge in [-0.15, -0.1) is 0 Å². The van der Waals surface area contributed by atoms with E-state index in [1.807, 2.05) is 6.92 Å². The fraction of sp³-hybridized carbons (Fsp3) is 0.389. The van der Waals surface area contributed by atoms with Gasteiger partial charge < -0.3 is 5.32 Å². The summed E-state index contributed by atoms with van der Waals surface area (Å²) in [5.74, 6) is 0.685. The monoisotopic (exact) mass is 266 g/mol. The fourth-order valence-corrected chi connectivity index (χ4v) is 3.32. The number of hydrogen-bond acceptors (Lipinski definition) is 2. The van der Waals surface area contributed by atoms with Crippen LogP contribution >= 0.6 is 0 Å². The van der Waals surface area contributed by atoms with Gasteiger partial charge in [-0.2, -0.15) is 0 Å². The number of hydrogen-bond donors (Lipinski definition) is 1. The van der Waals surface area contributed by atoms with Gasteiger partial charge in [0.15, 0.2) is 0 Å². The van der Waals surface area contributed by atoms with E-state index in [4.69, 9.17) is 0 Å². The lowest BCUT2D eigenvalue weighted by atomic mass is 9.73. The summed E-state index contributed by atoms with van der Waals surface area (Å²) in [5.41, 5.74) is 6.63. The molecule has 1 heterocycles. The van der Waals surface area contributed by atoms with E-state index in [-0.39, 0.29) is 0 Å². The Kier molecular flexibility index (Phi) is 3.58. The lowest BCUT2D eigenvalue weighted by molar-refractivity contribution is 0.450. The highest BCUT2D eigenvalue weighted by Crippen LogP contribution is 2.40. The molecule has 1 aromatic carbocycles. The summed E-state index contributed by atoms with van der Waals surface area (Å²) in [6, 6.07) is 13.5. The first kappa shape index (κ1) is 13.3. The molecule has 1 aromatic heterocycles. The molecule has 0 saturated heterocycles. The third-order valence-corrected chi connectivity index (χ3v) is 4.47. The van der Waals surface area contributed by atoms with E-state index in [2.05, 4.69) is 60.7 Å². The number of benzene rings is 1. The number of aromatic nitrogens is 1. The molecule has 3 rings (SSSR count). The van der Waals surface area contributed by atoms with Gasteiger partial charge in [-0.1, -0.05) is 30.3 Å². The molecule has 2 heteroatoms. The van der Waals surface area contributed by atoms with Gasteiger partial charge in [0.05, 0.1) is 0 Å². The Morgan fingerprint density at radius 1 is 1.20 bits per heavy atom. The molecule has 1 aliphatic carbocycles. The van der Waals surface area contributed by atoms with Crippen LogP contribution in [0.4, 0.5) is 0 Å². The SMILES string of the molecule is CNC(CC1Cc2ccccc21)c1ccc(C)nc1C. The van der Waals surface area contributed by atoms with Gasteiger partial charge in [0.25, 0.3) is 0 Å². The van der Waals surface area contributed by atoms with Gasteiger partial charge >= 0.3 is 0 Å². The maximum absolute atomic E-state index is 4.60. The molecule has 2 atom stereocenters. The molecule has 0 saturated carbocycles. The average Bonchev–Trinajstić information content (AvgIpc) is 2.41. The van der Waals surface area contributed by atoms with E-state index in [1.54, 1.807) is 0 Å². The highest BCUT2D eigenvalue weighted by Gasteiger charge is 2.28. The minimum Gasteiger partial charge on any atom is -0.313 e. The fourth-order valence-electron chi connectivity index (χ4n) is 3.32. The average molecular weight is 266 g/mol. The van der Waals surface area contributed by atoms with Crippen LogP contribution in [0.3, 0.4) is 0 Å². The predicted molar refractivity (Wildman–Crippen MR) is 83.0 cm³/mol. The summed E-state index contributed by atoms with van der Waals surface area (Å²) < 4.78 is 0. The van der Waals surface area contributed by atoms with Gasteiger partial charge in [0.2, 0.25) is 0 Å². The van der Waals surface area contributed by atoms with Crippen molar-refractivity contribution in [2.45, 2.75) is 38.6 Å². The smallest absolute Gasteiger partial charge is 0.0423 e. The van der Waals surface area contributed by atoms with Crippen LogP contribution in [-0.2, 0) is 6.42 Å². The van der Waals surface area contributed by atoms with E-state index in [9.17, 15) is 0 Å². The molecule has 2 unspecified atom stereocenters. The Morgan fingerprint density at radius 2 is 2.00 bits per heavy atom. The molecule has 2 aromatic rings. The van der Waals surface area contributed by atoms with Crippen molar-refractivity contribution in [2.24, 2.45) is 0 Å². The summed E-state index contributed by atoms with van der Waals surface area (Å²) in [6.45, 7) is 4.16. The molecule has 0 radical (unpaired) electrons. The Hall–Kier alpha value is -1.67. The molecular formula is C18H22N2. The van der Waals surface area contributed by atoms with Crippen molar-refractivity contribution in [3.63, 3.8) is 0 Å². The maximum atomic E-state index is 4.60. The van der Waals surface area contributed by atoms with Crippen molar-refractivity contribution in [3.05, 3.63) is 64.5 Å². The van der Waals surface area contributed by atoms with Crippen LogP contribution in [0, 0.1) is 13.8 Å². The van der Waals surface area contributed by atoms with Gasteiger partial charge in [-0.3, -0.25) is 4.98 Å². The third kappa shape index (κ3) is 2.36. The van der Waals surface area contributed by atoms with Crippen molar-refractivity contribution < 1.29 is 0 Å². The molecule has 1 aliphatic rings. The first-order valence-corrected chi connectivity index (χ1v) is 7.38. The van der Waals surface area contributed by atoms with Crippen LogP contribution in [0.2, 0.25) is 0 Å². The van der Waals surface area contributed by atoms with Crippen molar-refractivity contribution in [1.29, 1.82) is 0 Å². The van der Waals surface area contributed by atoms with Crippen LogP contribution in [-0.4, -0.2) is 12.0 Å². The van der Waals surface area contributed by atoms with Gasteiger partial charge in [-0.05, 0) is 62.4 Å². The van der Waals surface area contributed by atoms with Crippen LogP contribution in [0.15, 0.2) is 36.4 Å². The molecule has 0 fully saturated rings. The summed E-state index contributed by atoms with van der Waals surface area (Å²) >= 11 is 0. The second kappa shape index (κ2) is 5.37.